The molecule has 144 valence electrons. The molecule has 0 bridgehead atoms. The number of hydrogen-bond donors (Lipinski definition) is 1. The van der Waals surface area contributed by atoms with Crippen molar-refractivity contribution in [2.24, 2.45) is 11.8 Å². The number of nitro groups is 1. The molecule has 3 rings (SSSR count). The van der Waals surface area contributed by atoms with Gasteiger partial charge in [0.25, 0.3) is 5.69 Å². The van der Waals surface area contributed by atoms with E-state index < -0.39 is 10.8 Å². The molecule has 27 heavy (non-hydrogen) atoms. The summed E-state index contributed by atoms with van der Waals surface area (Å²) in [5.74, 6) is -1.06. The van der Waals surface area contributed by atoms with Crippen molar-refractivity contribution in [2.75, 3.05) is 19.0 Å². The Kier molecular flexibility index (Phi) is 5.38. The van der Waals surface area contributed by atoms with Crippen LogP contribution in [0.5, 0.6) is 5.75 Å². The van der Waals surface area contributed by atoms with Crippen molar-refractivity contribution >= 4 is 29.1 Å². The zero-order chi connectivity index (χ0) is 19.6. The second-order valence-corrected chi connectivity index (χ2v) is 6.77. The number of fused-ring (bicyclic) bond motifs is 1. The number of carbonyl (C=O) groups is 3. The lowest BCUT2D eigenvalue weighted by molar-refractivity contribution is -0.384. The van der Waals surface area contributed by atoms with Gasteiger partial charge in [0.2, 0.25) is 17.7 Å². The number of anilines is 1. The minimum absolute atomic E-state index is 0.0335. The quantitative estimate of drug-likeness (QED) is 0.462. The third-order valence-electron chi connectivity index (χ3n) is 5.16. The molecule has 2 aliphatic rings. The molecule has 2 fully saturated rings. The number of hydrogen-bond acceptors (Lipinski definition) is 6. The van der Waals surface area contributed by atoms with Crippen LogP contribution in [-0.2, 0) is 14.4 Å². The number of nitrogens with zero attached hydrogens (tertiary/aromatic N) is 2. The Morgan fingerprint density at radius 3 is 2.44 bits per heavy atom. The second kappa shape index (κ2) is 7.73. The highest BCUT2D eigenvalue weighted by atomic mass is 16.6. The van der Waals surface area contributed by atoms with E-state index >= 15 is 0 Å². The van der Waals surface area contributed by atoms with Crippen molar-refractivity contribution in [1.82, 2.24) is 4.90 Å². The molecule has 1 N–H and O–H groups in total. The molecule has 1 aliphatic carbocycles. The number of ether oxygens (including phenoxy) is 1. The lowest BCUT2D eigenvalue weighted by Gasteiger charge is -2.19. The van der Waals surface area contributed by atoms with Crippen molar-refractivity contribution in [3.8, 4) is 5.75 Å². The normalized spacial score (nSPS) is 21.7. The van der Waals surface area contributed by atoms with Crippen molar-refractivity contribution in [2.45, 2.75) is 32.1 Å². The average molecular weight is 375 g/mol. The van der Waals surface area contributed by atoms with E-state index in [1.807, 2.05) is 0 Å². The molecule has 1 saturated carbocycles. The standard InChI is InChI=1S/C18H21N3O6/c1-27-15-10-11(21(25)26)6-7-14(15)19-16(22)8-9-20-17(23)12-4-2-3-5-13(12)18(20)24/h6-7,10,12-13H,2-5,8-9H2,1H3,(H,19,22)/t12-,13-/m0/s1. The van der Waals surface area contributed by atoms with Gasteiger partial charge in [0, 0.05) is 19.0 Å². The van der Waals surface area contributed by atoms with E-state index in [4.69, 9.17) is 4.74 Å². The minimum Gasteiger partial charge on any atom is -0.494 e. The highest BCUT2D eigenvalue weighted by Crippen LogP contribution is 2.38. The highest BCUT2D eigenvalue weighted by Gasteiger charge is 2.47. The van der Waals surface area contributed by atoms with Crippen LogP contribution in [0, 0.1) is 22.0 Å². The molecule has 0 radical (unpaired) electrons. The van der Waals surface area contributed by atoms with Crippen LogP contribution in [0.2, 0.25) is 0 Å². The van der Waals surface area contributed by atoms with E-state index in [2.05, 4.69) is 5.32 Å². The lowest BCUT2D eigenvalue weighted by Crippen LogP contribution is -2.34. The molecule has 1 aromatic carbocycles. The van der Waals surface area contributed by atoms with Crippen molar-refractivity contribution in [3.05, 3.63) is 28.3 Å². The summed E-state index contributed by atoms with van der Waals surface area (Å²) in [5, 5.41) is 13.4. The van der Waals surface area contributed by atoms with E-state index in [1.54, 1.807) is 0 Å². The molecular formula is C18H21N3O6. The lowest BCUT2D eigenvalue weighted by atomic mass is 9.81. The summed E-state index contributed by atoms with van der Waals surface area (Å²) in [7, 11) is 1.35. The van der Waals surface area contributed by atoms with Crippen molar-refractivity contribution < 1.29 is 24.0 Å². The number of amides is 3. The summed E-state index contributed by atoms with van der Waals surface area (Å²) < 4.78 is 5.08. The largest absolute Gasteiger partial charge is 0.494 e. The maximum atomic E-state index is 12.4. The van der Waals surface area contributed by atoms with Gasteiger partial charge in [-0.2, -0.15) is 0 Å². The number of nitrogens with one attached hydrogen (secondary N) is 1. The van der Waals surface area contributed by atoms with Crippen LogP contribution in [0.1, 0.15) is 32.1 Å². The molecule has 0 spiro atoms. The first-order chi connectivity index (χ1) is 12.9. The monoisotopic (exact) mass is 375 g/mol. The van der Waals surface area contributed by atoms with Gasteiger partial charge in [-0.05, 0) is 18.9 Å². The molecule has 1 aromatic rings. The van der Waals surface area contributed by atoms with Crippen LogP contribution < -0.4 is 10.1 Å². The van der Waals surface area contributed by atoms with Crippen molar-refractivity contribution in [1.29, 1.82) is 0 Å². The number of rotatable bonds is 6. The average Bonchev–Trinajstić information content (AvgIpc) is 2.91. The second-order valence-electron chi connectivity index (χ2n) is 6.77. The molecular weight excluding hydrogens is 354 g/mol. The fraction of sp³-hybridized carbons (Fsp3) is 0.500. The summed E-state index contributed by atoms with van der Waals surface area (Å²) in [6, 6.07) is 3.86. The molecule has 9 nitrogen and oxygen atoms in total. The van der Waals surface area contributed by atoms with Crippen LogP contribution in [-0.4, -0.2) is 41.2 Å². The zero-order valence-corrected chi connectivity index (χ0v) is 15.0. The number of likely N-dealkylation sites (tertiary alicyclic amines) is 1. The number of methoxy groups -OCH3 is 1. The third-order valence-corrected chi connectivity index (χ3v) is 5.16. The first-order valence-electron chi connectivity index (χ1n) is 8.90. The van der Waals surface area contributed by atoms with Gasteiger partial charge in [-0.15, -0.1) is 0 Å². The van der Waals surface area contributed by atoms with Gasteiger partial charge in [0.05, 0.1) is 35.6 Å². The van der Waals surface area contributed by atoms with Gasteiger partial charge in [-0.3, -0.25) is 29.4 Å². The molecule has 2 atom stereocenters. The van der Waals surface area contributed by atoms with Gasteiger partial charge in [-0.1, -0.05) is 12.8 Å². The summed E-state index contributed by atoms with van der Waals surface area (Å²) in [4.78, 5) is 48.5. The van der Waals surface area contributed by atoms with Crippen LogP contribution in [0.3, 0.4) is 0 Å². The molecule has 0 aromatic heterocycles. The van der Waals surface area contributed by atoms with E-state index in [0.717, 1.165) is 25.7 Å². The Hall–Kier alpha value is -2.97. The SMILES string of the molecule is COc1cc([N+](=O)[O-])ccc1NC(=O)CCN1C(=O)[C@H]2CCCC[C@@H]2C1=O. The van der Waals surface area contributed by atoms with Crippen LogP contribution in [0.4, 0.5) is 11.4 Å². The predicted octanol–water partition coefficient (Wildman–Crippen LogP) is 2.11. The van der Waals surface area contributed by atoms with Gasteiger partial charge in [-0.25, -0.2) is 0 Å². The van der Waals surface area contributed by atoms with Gasteiger partial charge in [0.15, 0.2) is 0 Å². The predicted molar refractivity (Wildman–Crippen MR) is 95.1 cm³/mol. The fourth-order valence-electron chi connectivity index (χ4n) is 3.77. The van der Waals surface area contributed by atoms with E-state index in [1.165, 1.54) is 30.2 Å². The molecule has 1 heterocycles. The van der Waals surface area contributed by atoms with Crippen LogP contribution >= 0.6 is 0 Å². The fourth-order valence-corrected chi connectivity index (χ4v) is 3.77. The third kappa shape index (κ3) is 3.76. The summed E-state index contributed by atoms with van der Waals surface area (Å²) in [6.45, 7) is 0.0335. The molecule has 1 saturated heterocycles. The Morgan fingerprint density at radius 1 is 1.26 bits per heavy atom. The Morgan fingerprint density at radius 2 is 1.89 bits per heavy atom. The maximum absolute atomic E-state index is 12.4. The number of non-ortho nitro benzene ring substituents is 1. The highest BCUT2D eigenvalue weighted by molar-refractivity contribution is 6.05. The number of carbonyl (C=O) groups excluding carboxylic acids is 3. The van der Waals surface area contributed by atoms with E-state index in [9.17, 15) is 24.5 Å². The number of imide groups is 1. The maximum Gasteiger partial charge on any atom is 0.273 e. The summed E-state index contributed by atoms with van der Waals surface area (Å²) in [6.07, 6.45) is 3.33. The summed E-state index contributed by atoms with van der Waals surface area (Å²) in [5.41, 5.74) is 0.140. The minimum atomic E-state index is -0.557. The van der Waals surface area contributed by atoms with Gasteiger partial charge in [0.1, 0.15) is 5.75 Å². The first kappa shape index (κ1) is 18.8. The Balaban J connectivity index is 1.61. The molecule has 3 amide bonds. The van der Waals surface area contributed by atoms with Gasteiger partial charge < -0.3 is 10.1 Å². The molecule has 9 heteroatoms. The number of benzene rings is 1. The van der Waals surface area contributed by atoms with Crippen LogP contribution in [0.15, 0.2) is 18.2 Å². The smallest absolute Gasteiger partial charge is 0.273 e. The van der Waals surface area contributed by atoms with Gasteiger partial charge >= 0.3 is 0 Å². The Bertz CT molecular complexity index is 769. The zero-order valence-electron chi connectivity index (χ0n) is 15.0. The molecule has 0 unspecified atom stereocenters. The molecule has 1 aliphatic heterocycles. The number of nitro benzene ring substituents is 1. The Labute approximate surface area is 155 Å². The van der Waals surface area contributed by atoms with E-state index in [0.29, 0.717) is 5.69 Å². The van der Waals surface area contributed by atoms with Crippen LogP contribution in [0.25, 0.3) is 0 Å². The topological polar surface area (TPSA) is 119 Å². The van der Waals surface area contributed by atoms with E-state index in [-0.39, 0.29) is 48.1 Å². The first-order valence-corrected chi connectivity index (χ1v) is 8.90. The summed E-state index contributed by atoms with van der Waals surface area (Å²) >= 11 is 0. The van der Waals surface area contributed by atoms with Crippen molar-refractivity contribution in [3.63, 3.8) is 0 Å².